The van der Waals surface area contributed by atoms with Crippen LogP contribution in [0.15, 0.2) is 0 Å². The Morgan fingerprint density at radius 1 is 1.75 bits per heavy atom. The molecule has 0 aliphatic carbocycles. The molecule has 0 bridgehead atoms. The molecule has 5 heteroatoms. The SMILES string of the molecule is O=CCCBP=S=O. The van der Waals surface area contributed by atoms with Crippen molar-refractivity contribution in [3.63, 3.8) is 0 Å². The quantitative estimate of drug-likeness (QED) is 0.250. The second kappa shape index (κ2) is 7.05. The van der Waals surface area contributed by atoms with E-state index in [1.807, 2.05) is 0 Å². The topological polar surface area (TPSA) is 34.1 Å². The molecule has 0 unspecified atom stereocenters. The molecule has 0 N–H and O–H groups in total. The summed E-state index contributed by atoms with van der Waals surface area (Å²) in [7, 11) is 1.40. The lowest BCUT2D eigenvalue weighted by Gasteiger charge is -1.76. The van der Waals surface area contributed by atoms with Crippen LogP contribution in [0.1, 0.15) is 6.42 Å². The number of carbonyl (C=O) groups excluding carboxylic acids is 1. The van der Waals surface area contributed by atoms with E-state index in [0.29, 0.717) is 17.3 Å². The number of rotatable bonds is 4. The number of aldehydes is 1. The van der Waals surface area contributed by atoms with Gasteiger partial charge >= 0.3 is 0 Å². The summed E-state index contributed by atoms with van der Waals surface area (Å²) in [4.78, 5) is 9.68. The zero-order valence-corrected chi connectivity index (χ0v) is 6.08. The fourth-order valence-corrected chi connectivity index (χ4v) is 1.27. The van der Waals surface area contributed by atoms with Crippen molar-refractivity contribution in [1.82, 2.24) is 0 Å². The van der Waals surface area contributed by atoms with E-state index in [2.05, 4.69) is 0 Å². The molecule has 0 aromatic carbocycles. The lowest BCUT2D eigenvalue weighted by atomic mass is 10.0. The summed E-state index contributed by atoms with van der Waals surface area (Å²) in [6.07, 6.45) is 2.32. The lowest BCUT2D eigenvalue weighted by Crippen LogP contribution is -1.77. The van der Waals surface area contributed by atoms with Crippen molar-refractivity contribution < 1.29 is 9.00 Å². The van der Waals surface area contributed by atoms with Crippen LogP contribution in [0.3, 0.4) is 0 Å². The average molecular weight is 148 g/mol. The standard InChI is InChI=1S/C3H6BO2PS/c5-3-1-2-4-7-8-6/h3-4H,1-2H2. The Labute approximate surface area is 53.8 Å². The Kier molecular flexibility index (Phi) is 7.10. The second-order valence-electron chi connectivity index (χ2n) is 1.24. The van der Waals surface area contributed by atoms with E-state index >= 15 is 0 Å². The van der Waals surface area contributed by atoms with Crippen molar-refractivity contribution in [1.29, 1.82) is 0 Å². The van der Waals surface area contributed by atoms with Gasteiger partial charge in [0.05, 0.1) is 0 Å². The van der Waals surface area contributed by atoms with Crippen molar-refractivity contribution in [2.24, 2.45) is 0 Å². The van der Waals surface area contributed by atoms with Crippen molar-refractivity contribution in [2.45, 2.75) is 12.7 Å². The predicted molar refractivity (Wildman–Crippen MR) is 37.7 cm³/mol. The lowest BCUT2D eigenvalue weighted by molar-refractivity contribution is -0.107. The van der Waals surface area contributed by atoms with Gasteiger partial charge in [0.2, 0.25) is 7.00 Å². The molecular formula is C3H6BO2PS. The zero-order chi connectivity index (χ0) is 6.24. The number of carbonyl (C=O) groups is 1. The van der Waals surface area contributed by atoms with Gasteiger partial charge in [0.1, 0.15) is 17.1 Å². The van der Waals surface area contributed by atoms with Gasteiger partial charge in [-0.05, 0) is 13.7 Å². The summed E-state index contributed by atoms with van der Waals surface area (Å²) >= 11 is 0. The van der Waals surface area contributed by atoms with Gasteiger partial charge in [-0.3, -0.25) is 0 Å². The molecule has 0 saturated heterocycles. The molecule has 0 aromatic heterocycles. The average Bonchev–Trinajstić information content (AvgIpc) is 1.81. The highest BCUT2D eigenvalue weighted by Crippen LogP contribution is 1.94. The summed E-state index contributed by atoms with van der Waals surface area (Å²) in [5, 5.41) is 0. The van der Waals surface area contributed by atoms with Crippen molar-refractivity contribution in [2.75, 3.05) is 0 Å². The maximum Gasteiger partial charge on any atom is 0.203 e. The largest absolute Gasteiger partial charge is 0.303 e. The summed E-state index contributed by atoms with van der Waals surface area (Å²) in [5.41, 5.74) is 0. The minimum atomic E-state index is 0.558. The van der Waals surface area contributed by atoms with Crippen molar-refractivity contribution >= 4 is 31.4 Å². The summed E-state index contributed by atoms with van der Waals surface area (Å²) in [6.45, 7) is 0.840. The maximum atomic E-state index is 9.71. The fourth-order valence-electron chi connectivity index (χ4n) is 0.276. The molecule has 0 aliphatic rings. The predicted octanol–water partition coefficient (Wildman–Crippen LogP) is 0.419. The van der Waals surface area contributed by atoms with Gasteiger partial charge in [0, 0.05) is 0 Å². The van der Waals surface area contributed by atoms with Gasteiger partial charge in [0.15, 0.2) is 0 Å². The molecule has 8 heavy (non-hydrogen) atoms. The summed E-state index contributed by atoms with van der Waals surface area (Å²) in [5.74, 6) is 0. The first-order valence-electron chi connectivity index (χ1n) is 2.31. The van der Waals surface area contributed by atoms with E-state index in [1.165, 1.54) is 0 Å². The molecule has 0 aliphatic heterocycles. The van der Waals surface area contributed by atoms with Crippen LogP contribution in [0, 0.1) is 0 Å². The monoisotopic (exact) mass is 148 g/mol. The van der Waals surface area contributed by atoms with Crippen LogP contribution in [0.2, 0.25) is 6.32 Å². The first-order valence-corrected chi connectivity index (χ1v) is 4.74. The summed E-state index contributed by atoms with van der Waals surface area (Å²) in [6, 6.07) is 0. The Hall–Kier alpha value is 0.0549. The van der Waals surface area contributed by atoms with Crippen LogP contribution in [0.25, 0.3) is 0 Å². The van der Waals surface area contributed by atoms with Crippen LogP contribution in [-0.2, 0) is 15.6 Å². The molecule has 44 valence electrons. The Morgan fingerprint density at radius 2 is 2.50 bits per heavy atom. The maximum absolute atomic E-state index is 9.71. The highest BCUT2D eigenvalue weighted by Gasteiger charge is 1.83. The third kappa shape index (κ3) is 6.05. The van der Waals surface area contributed by atoms with E-state index in [0.717, 1.165) is 26.8 Å². The second-order valence-corrected chi connectivity index (χ2v) is 3.31. The van der Waals surface area contributed by atoms with Crippen LogP contribution in [0.5, 0.6) is 0 Å². The van der Waals surface area contributed by atoms with E-state index in [1.54, 1.807) is 0 Å². The molecule has 0 heterocycles. The third-order valence-electron chi connectivity index (χ3n) is 0.624. The van der Waals surface area contributed by atoms with Crippen molar-refractivity contribution in [3.8, 4) is 0 Å². The first kappa shape index (κ1) is 8.05. The van der Waals surface area contributed by atoms with E-state index < -0.39 is 0 Å². The molecule has 0 spiro atoms. The Bertz CT molecular complexity index is 112. The molecule has 0 fully saturated rings. The molecule has 0 aromatic rings. The Balaban J connectivity index is 2.93. The van der Waals surface area contributed by atoms with Gasteiger partial charge in [0.25, 0.3) is 0 Å². The summed E-state index contributed by atoms with van der Waals surface area (Å²) < 4.78 is 9.71. The zero-order valence-electron chi connectivity index (χ0n) is 4.37. The number of hydrogen-bond acceptors (Lipinski definition) is 2. The normalized spacial score (nSPS) is 8.50. The molecule has 0 saturated carbocycles. The van der Waals surface area contributed by atoms with Crippen LogP contribution in [-0.4, -0.2) is 17.5 Å². The third-order valence-corrected chi connectivity index (χ3v) is 2.09. The van der Waals surface area contributed by atoms with E-state index in [9.17, 15) is 9.00 Å². The molecule has 0 atom stereocenters. The first-order chi connectivity index (χ1) is 3.91. The van der Waals surface area contributed by atoms with Crippen molar-refractivity contribution in [3.05, 3.63) is 0 Å². The van der Waals surface area contributed by atoms with Crippen LogP contribution < -0.4 is 0 Å². The van der Waals surface area contributed by atoms with Crippen LogP contribution in [0.4, 0.5) is 0 Å². The van der Waals surface area contributed by atoms with Gasteiger partial charge in [-0.15, -0.1) is 0 Å². The number of hydrogen-bond donors (Lipinski definition) is 0. The van der Waals surface area contributed by atoms with E-state index in [4.69, 9.17) is 0 Å². The fraction of sp³-hybridized carbons (Fsp3) is 0.667. The molecule has 0 rings (SSSR count). The molecule has 0 radical (unpaired) electrons. The van der Waals surface area contributed by atoms with Gasteiger partial charge in [-0.1, -0.05) is 6.32 Å². The molecular weight excluding hydrogens is 142 g/mol. The smallest absolute Gasteiger partial charge is 0.203 e. The minimum absolute atomic E-state index is 0.558. The van der Waals surface area contributed by atoms with Crippen LogP contribution >= 0.6 is 7.23 Å². The molecule has 0 amide bonds. The van der Waals surface area contributed by atoms with E-state index in [-0.39, 0.29) is 0 Å². The van der Waals surface area contributed by atoms with Gasteiger partial charge < -0.3 is 4.79 Å². The Morgan fingerprint density at radius 3 is 3.00 bits per heavy atom. The minimum Gasteiger partial charge on any atom is -0.303 e. The van der Waals surface area contributed by atoms with Gasteiger partial charge in [-0.2, -0.15) is 0 Å². The highest BCUT2D eigenvalue weighted by atomic mass is 32.4. The molecule has 2 nitrogen and oxygen atoms in total. The van der Waals surface area contributed by atoms with Gasteiger partial charge in [-0.25, -0.2) is 4.21 Å². The highest BCUT2D eigenvalue weighted by molar-refractivity contribution is 8.12.